The summed E-state index contributed by atoms with van der Waals surface area (Å²) in [5.41, 5.74) is 7.26. The second kappa shape index (κ2) is 13.5. The second-order valence-electron chi connectivity index (χ2n) is 20.9. The molecule has 0 amide bonds. The van der Waals surface area contributed by atoms with Gasteiger partial charge in [0, 0.05) is 66.2 Å². The van der Waals surface area contributed by atoms with Crippen LogP contribution in [-0.4, -0.2) is 68.3 Å². The average Bonchev–Trinajstić information content (AvgIpc) is 3.26. The smallest absolute Gasteiger partial charge is 0.362 e. The van der Waals surface area contributed by atoms with Gasteiger partial charge in [-0.25, -0.2) is 4.42 Å². The van der Waals surface area contributed by atoms with Crippen LogP contribution in [0.1, 0.15) is 93.9 Å². The Morgan fingerprint density at radius 3 is 1.80 bits per heavy atom. The van der Waals surface area contributed by atoms with E-state index in [1.807, 2.05) is 12.2 Å². The Morgan fingerprint density at radius 2 is 1.22 bits per heavy atom. The second-order valence-corrected chi connectivity index (χ2v) is 20.9. The van der Waals surface area contributed by atoms with Gasteiger partial charge in [0.25, 0.3) is 0 Å². The molecule has 1 aromatic heterocycles. The van der Waals surface area contributed by atoms with Crippen molar-refractivity contribution in [1.82, 2.24) is 0 Å². The first-order chi connectivity index (χ1) is 29.3. The van der Waals surface area contributed by atoms with Crippen molar-refractivity contribution in [2.24, 2.45) is 40.9 Å². The van der Waals surface area contributed by atoms with Crippen LogP contribution < -0.4 is 14.5 Å². The van der Waals surface area contributed by atoms with Gasteiger partial charge < -0.3 is 29.1 Å². The maximum Gasteiger partial charge on any atom is 0.362 e. The summed E-state index contributed by atoms with van der Waals surface area (Å²) in [6.07, 6.45) is 21.7. The molecule has 2 aromatic carbocycles. The van der Waals surface area contributed by atoms with Crippen LogP contribution in [-0.2, 0) is 14.9 Å². The first kappa shape index (κ1) is 36.3. The minimum Gasteiger partial charge on any atom is -0.506 e. The molecular weight excluding hydrogens is 749 g/mol. The molecule has 8 saturated carbocycles. The molecule has 0 radical (unpaired) electrons. The van der Waals surface area contributed by atoms with E-state index in [1.54, 1.807) is 0 Å². The molecule has 2 saturated heterocycles. The Hall–Kier alpha value is -4.40. The number of fused-ring (bicyclic) bond motifs is 2. The molecule has 310 valence electrons. The van der Waals surface area contributed by atoms with E-state index >= 15 is 0 Å². The predicted octanol–water partition coefficient (Wildman–Crippen LogP) is 10.2. The van der Waals surface area contributed by atoms with E-state index in [9.17, 15) is 9.90 Å². The molecule has 3 aliphatic heterocycles. The number of rotatable bonds is 6. The largest absolute Gasteiger partial charge is 0.506 e. The molecule has 3 aromatic rings. The van der Waals surface area contributed by atoms with Crippen molar-refractivity contribution in [2.45, 2.75) is 82.5 Å². The van der Waals surface area contributed by atoms with Gasteiger partial charge in [-0.1, -0.05) is 0 Å². The Balaban J connectivity index is 0.898. The molecule has 12 aliphatic rings. The van der Waals surface area contributed by atoms with Gasteiger partial charge in [0.15, 0.2) is 0 Å². The SMILES string of the molecule is OC1=C(C=C2C=C(C34CC5CC(CC(C5)C3)C4)Oc3cc(N4CCOCC4)ccc32)C(=[OH+])C1=Cc1cc(C23CC4CC(CC(C4)C2)C3)[o+]c2cc(N3CCOCC3)ccc12. The number of aliphatic hydroxyl groups is 1. The van der Waals surface area contributed by atoms with Crippen LogP contribution in [0.15, 0.2) is 81.7 Å². The zero-order valence-corrected chi connectivity index (χ0v) is 34.8. The summed E-state index contributed by atoms with van der Waals surface area (Å²) in [7, 11) is 0. The third kappa shape index (κ3) is 5.82. The fourth-order valence-corrected chi connectivity index (χ4v) is 15.1. The van der Waals surface area contributed by atoms with E-state index in [4.69, 9.17) is 18.6 Å². The van der Waals surface area contributed by atoms with Crippen molar-refractivity contribution in [3.05, 3.63) is 94.2 Å². The summed E-state index contributed by atoms with van der Waals surface area (Å²) in [6.45, 7) is 6.37. The lowest BCUT2D eigenvalue weighted by Crippen LogP contribution is -2.48. The van der Waals surface area contributed by atoms with Crippen LogP contribution >= 0.6 is 0 Å². The summed E-state index contributed by atoms with van der Waals surface area (Å²) in [5.74, 6) is 8.04. The third-order valence-corrected chi connectivity index (χ3v) is 17.1. The number of allylic oxidation sites excluding steroid dienone is 6. The lowest BCUT2D eigenvalue weighted by molar-refractivity contribution is -0.0477. The zero-order chi connectivity index (χ0) is 39.7. The number of nitrogens with zero attached hydrogens (tertiary/aromatic N) is 2. The Labute approximate surface area is 352 Å². The number of benzene rings is 2. The van der Waals surface area contributed by atoms with Crippen molar-refractivity contribution in [1.29, 1.82) is 0 Å². The molecule has 4 heterocycles. The van der Waals surface area contributed by atoms with Gasteiger partial charge >= 0.3 is 17.1 Å². The molecule has 10 fully saturated rings. The number of carbonyl (C=O) groups excluding carboxylic acids is 1. The number of ether oxygens (including phenoxy) is 3. The van der Waals surface area contributed by atoms with E-state index < -0.39 is 0 Å². The van der Waals surface area contributed by atoms with Gasteiger partial charge in [-0.15, -0.1) is 0 Å². The number of morpholine rings is 2. The highest BCUT2D eigenvalue weighted by molar-refractivity contribution is 6.25. The van der Waals surface area contributed by atoms with Crippen molar-refractivity contribution in [3.63, 3.8) is 0 Å². The average molecular weight is 807 g/mol. The normalized spacial score (nSPS) is 36.6. The van der Waals surface area contributed by atoms with Gasteiger partial charge in [0.1, 0.15) is 28.4 Å². The van der Waals surface area contributed by atoms with Crippen LogP contribution in [0, 0.1) is 40.9 Å². The Bertz CT molecular complexity index is 2370. The van der Waals surface area contributed by atoms with Crippen LogP contribution in [0.4, 0.5) is 11.4 Å². The van der Waals surface area contributed by atoms with E-state index in [0.29, 0.717) is 11.1 Å². The molecule has 8 nitrogen and oxygen atoms in total. The molecule has 15 rings (SSSR count). The number of aliphatic hydroxyl groups excluding tert-OH is 1. The Kier molecular flexibility index (Phi) is 8.19. The van der Waals surface area contributed by atoms with Gasteiger partial charge in [-0.3, -0.25) is 4.79 Å². The molecule has 9 aliphatic carbocycles. The van der Waals surface area contributed by atoms with Crippen molar-refractivity contribution >= 4 is 39.8 Å². The lowest BCUT2D eigenvalue weighted by atomic mass is 9.49. The van der Waals surface area contributed by atoms with E-state index in [1.165, 1.54) is 77.0 Å². The van der Waals surface area contributed by atoms with Gasteiger partial charge in [-0.05, 0) is 161 Å². The maximum atomic E-state index is 11.9. The maximum absolute atomic E-state index is 11.9. The summed E-state index contributed by atoms with van der Waals surface area (Å²) in [6, 6.07) is 15.4. The predicted molar refractivity (Wildman–Crippen MR) is 235 cm³/mol. The zero-order valence-electron chi connectivity index (χ0n) is 34.8. The fraction of sp³-hybridized carbons (Fsp3) is 0.538. The Morgan fingerprint density at radius 1 is 0.667 bits per heavy atom. The van der Waals surface area contributed by atoms with E-state index in [-0.39, 0.29) is 22.4 Å². The lowest BCUT2D eigenvalue weighted by Gasteiger charge is -2.57. The molecule has 8 bridgehead atoms. The summed E-state index contributed by atoms with van der Waals surface area (Å²) in [5, 5.41) is 12.9. The molecule has 0 atom stereocenters. The summed E-state index contributed by atoms with van der Waals surface area (Å²) < 4.78 is 25.4. The highest BCUT2D eigenvalue weighted by Gasteiger charge is 2.57. The quantitative estimate of drug-likeness (QED) is 0.196. The first-order valence-electron chi connectivity index (χ1n) is 23.4. The summed E-state index contributed by atoms with van der Waals surface area (Å²) in [4.78, 5) is 16.7. The molecular formula is C52H58N2O6+2. The molecule has 8 heteroatoms. The number of hydrogen-bond acceptors (Lipinski definition) is 6. The standard InChI is InChI=1S/C52H56N2O6/c55-49-43(19-37-21-47(51-25-31-13-32(26-51)15-33(14-31)27-51)59-45-23-39(1-3-41(37)45)53-5-9-57-10-6-53)50(56)44(49)20-38-22-48(52-28-34-16-35(29-52)18-36(17-34)30-52)60-46-24-40(2-4-42(38)46)54-7-11-58-12-8-54/h1-4,19-24,31-36H,5-18,25-30H2/p+2. The van der Waals surface area contributed by atoms with E-state index in [2.05, 4.69) is 58.3 Å². The molecule has 0 unspecified atom stereocenters. The van der Waals surface area contributed by atoms with Gasteiger partial charge in [0.05, 0.1) is 43.3 Å². The minimum atomic E-state index is 0.0584. The van der Waals surface area contributed by atoms with Gasteiger partial charge in [0.2, 0.25) is 0 Å². The summed E-state index contributed by atoms with van der Waals surface area (Å²) >= 11 is 0. The third-order valence-electron chi connectivity index (χ3n) is 17.1. The number of ketones is 1. The van der Waals surface area contributed by atoms with Crippen LogP contribution in [0.25, 0.3) is 22.6 Å². The highest BCUT2D eigenvalue weighted by atomic mass is 16.5. The van der Waals surface area contributed by atoms with Crippen LogP contribution in [0.5, 0.6) is 5.75 Å². The molecule has 2 N–H and O–H groups in total. The number of anilines is 2. The number of hydrogen-bond donors (Lipinski definition) is 1. The topological polar surface area (TPSA) is 87.1 Å². The molecule has 60 heavy (non-hydrogen) atoms. The fourth-order valence-electron chi connectivity index (χ4n) is 15.1. The van der Waals surface area contributed by atoms with Gasteiger partial charge in [-0.2, -0.15) is 0 Å². The van der Waals surface area contributed by atoms with Crippen LogP contribution in [0.2, 0.25) is 0 Å². The van der Waals surface area contributed by atoms with E-state index in [0.717, 1.165) is 144 Å². The first-order valence-corrected chi connectivity index (χ1v) is 23.4. The minimum absolute atomic E-state index is 0.0584. The monoisotopic (exact) mass is 806 g/mol. The van der Waals surface area contributed by atoms with Crippen molar-refractivity contribution in [2.75, 3.05) is 62.4 Å². The highest BCUT2D eigenvalue weighted by Crippen LogP contribution is 2.64. The van der Waals surface area contributed by atoms with Crippen molar-refractivity contribution in [3.8, 4) is 5.75 Å². The van der Waals surface area contributed by atoms with Crippen molar-refractivity contribution < 1.29 is 28.5 Å². The van der Waals surface area contributed by atoms with Crippen LogP contribution in [0.3, 0.4) is 0 Å². The molecule has 0 spiro atoms.